The van der Waals surface area contributed by atoms with Gasteiger partial charge < -0.3 is 0 Å². The molecule has 0 saturated heterocycles. The van der Waals surface area contributed by atoms with Crippen molar-refractivity contribution in [2.75, 3.05) is 0 Å². The SMILES string of the molecule is O=c1nc(-n2ccnc2)nc(Cl)[nH]1. The summed E-state index contributed by atoms with van der Waals surface area (Å²) < 4.78 is 1.49. The van der Waals surface area contributed by atoms with E-state index in [0.717, 1.165) is 0 Å². The van der Waals surface area contributed by atoms with E-state index in [1.807, 2.05) is 0 Å². The maximum atomic E-state index is 10.9. The summed E-state index contributed by atoms with van der Waals surface area (Å²) in [5, 5.41) is 0.00343. The first kappa shape index (κ1) is 7.93. The number of H-pyrrole nitrogens is 1. The summed E-state index contributed by atoms with van der Waals surface area (Å²) in [5.41, 5.74) is -0.538. The second kappa shape index (κ2) is 2.98. The Morgan fingerprint density at radius 3 is 2.92 bits per heavy atom. The van der Waals surface area contributed by atoms with Gasteiger partial charge in [-0.15, -0.1) is 0 Å². The van der Waals surface area contributed by atoms with Gasteiger partial charge in [0.2, 0.25) is 11.2 Å². The molecule has 0 spiro atoms. The molecule has 0 amide bonds. The fraction of sp³-hybridized carbons (Fsp3) is 0. The van der Waals surface area contributed by atoms with Gasteiger partial charge in [-0.05, 0) is 11.6 Å². The van der Waals surface area contributed by atoms with Gasteiger partial charge >= 0.3 is 5.69 Å². The van der Waals surface area contributed by atoms with Crippen molar-refractivity contribution in [1.82, 2.24) is 24.5 Å². The van der Waals surface area contributed by atoms with Crippen LogP contribution in [0.5, 0.6) is 0 Å². The summed E-state index contributed by atoms with van der Waals surface area (Å²) in [5.74, 6) is 0.200. The fourth-order valence-corrected chi connectivity index (χ4v) is 0.997. The summed E-state index contributed by atoms with van der Waals surface area (Å²) in [6.07, 6.45) is 4.65. The predicted molar refractivity (Wildman–Crippen MR) is 44.8 cm³/mol. The molecule has 0 aliphatic heterocycles. The molecule has 6 nitrogen and oxygen atoms in total. The summed E-state index contributed by atoms with van der Waals surface area (Å²) in [4.78, 5) is 24.3. The predicted octanol–water partition coefficient (Wildman–Crippen LogP) is 0.00400. The van der Waals surface area contributed by atoms with E-state index in [4.69, 9.17) is 11.6 Å². The molecule has 2 aromatic heterocycles. The zero-order valence-corrected chi connectivity index (χ0v) is 7.06. The van der Waals surface area contributed by atoms with Crippen molar-refractivity contribution in [2.45, 2.75) is 0 Å². The Balaban J connectivity index is 2.59. The van der Waals surface area contributed by atoms with E-state index in [1.54, 1.807) is 12.4 Å². The molecule has 0 atom stereocenters. The van der Waals surface area contributed by atoms with E-state index in [1.165, 1.54) is 10.9 Å². The third kappa shape index (κ3) is 1.57. The Bertz CT molecular complexity index is 462. The molecule has 0 aromatic carbocycles. The number of rotatable bonds is 1. The molecule has 2 rings (SSSR count). The highest BCUT2D eigenvalue weighted by atomic mass is 35.5. The zero-order chi connectivity index (χ0) is 9.26. The van der Waals surface area contributed by atoms with Crippen LogP contribution in [0.2, 0.25) is 5.28 Å². The van der Waals surface area contributed by atoms with Crippen LogP contribution in [0.15, 0.2) is 23.5 Å². The summed E-state index contributed by atoms with van der Waals surface area (Å²) >= 11 is 5.53. The first-order valence-electron chi connectivity index (χ1n) is 3.38. The van der Waals surface area contributed by atoms with E-state index < -0.39 is 5.69 Å². The van der Waals surface area contributed by atoms with Crippen LogP contribution in [0, 0.1) is 0 Å². The topological polar surface area (TPSA) is 76.5 Å². The molecular weight excluding hydrogens is 194 g/mol. The van der Waals surface area contributed by atoms with Crippen LogP contribution in [0.25, 0.3) is 5.95 Å². The van der Waals surface area contributed by atoms with E-state index in [9.17, 15) is 4.79 Å². The molecule has 0 unspecified atom stereocenters. The maximum Gasteiger partial charge on any atom is 0.350 e. The lowest BCUT2D eigenvalue weighted by Crippen LogP contribution is -2.15. The van der Waals surface area contributed by atoms with Crippen molar-refractivity contribution >= 4 is 11.6 Å². The highest BCUT2D eigenvalue weighted by Crippen LogP contribution is 1.99. The molecule has 2 aromatic rings. The Kier molecular flexibility index (Phi) is 1.82. The van der Waals surface area contributed by atoms with E-state index in [2.05, 4.69) is 19.9 Å². The molecular formula is C6H4ClN5O. The Labute approximate surface area is 77.3 Å². The average Bonchev–Trinajstić information content (AvgIpc) is 2.53. The Morgan fingerprint density at radius 2 is 2.31 bits per heavy atom. The lowest BCUT2D eigenvalue weighted by atomic mass is 10.8. The molecule has 7 heteroatoms. The normalized spacial score (nSPS) is 10.2. The molecule has 66 valence electrons. The number of aromatic nitrogens is 5. The number of nitrogens with one attached hydrogen (secondary N) is 1. The van der Waals surface area contributed by atoms with Gasteiger partial charge in [0, 0.05) is 12.4 Å². The van der Waals surface area contributed by atoms with Gasteiger partial charge in [0.1, 0.15) is 6.33 Å². The third-order valence-corrected chi connectivity index (χ3v) is 1.52. The molecule has 13 heavy (non-hydrogen) atoms. The lowest BCUT2D eigenvalue weighted by Gasteiger charge is -1.97. The average molecular weight is 198 g/mol. The van der Waals surface area contributed by atoms with Gasteiger partial charge in [-0.2, -0.15) is 9.97 Å². The monoisotopic (exact) mass is 197 g/mol. The molecule has 0 aliphatic carbocycles. The van der Waals surface area contributed by atoms with Crippen molar-refractivity contribution in [3.8, 4) is 5.95 Å². The van der Waals surface area contributed by atoms with Crippen LogP contribution in [0.1, 0.15) is 0 Å². The number of aromatic amines is 1. The highest BCUT2D eigenvalue weighted by molar-refractivity contribution is 6.28. The molecule has 0 bridgehead atoms. The Hall–Kier alpha value is -1.69. The molecule has 0 fully saturated rings. The number of hydrogen-bond acceptors (Lipinski definition) is 4. The first-order chi connectivity index (χ1) is 6.25. The van der Waals surface area contributed by atoms with Crippen LogP contribution >= 0.6 is 11.6 Å². The minimum atomic E-state index is -0.538. The minimum absolute atomic E-state index is 0.00343. The van der Waals surface area contributed by atoms with Crippen LogP contribution < -0.4 is 5.69 Å². The second-order valence-corrected chi connectivity index (χ2v) is 2.57. The van der Waals surface area contributed by atoms with Crippen LogP contribution in [-0.2, 0) is 0 Å². The third-order valence-electron chi connectivity index (χ3n) is 1.35. The first-order valence-corrected chi connectivity index (χ1v) is 3.76. The van der Waals surface area contributed by atoms with Gasteiger partial charge in [0.15, 0.2) is 0 Å². The van der Waals surface area contributed by atoms with Gasteiger partial charge in [-0.1, -0.05) is 0 Å². The summed E-state index contributed by atoms with van der Waals surface area (Å²) in [6, 6.07) is 0. The van der Waals surface area contributed by atoms with Gasteiger partial charge in [-0.25, -0.2) is 9.78 Å². The van der Waals surface area contributed by atoms with E-state index >= 15 is 0 Å². The van der Waals surface area contributed by atoms with Gasteiger partial charge in [-0.3, -0.25) is 9.55 Å². The molecule has 0 saturated carbocycles. The second-order valence-electron chi connectivity index (χ2n) is 2.21. The summed E-state index contributed by atoms with van der Waals surface area (Å²) in [7, 11) is 0. The van der Waals surface area contributed by atoms with Gasteiger partial charge in [0.25, 0.3) is 0 Å². The fourth-order valence-electron chi connectivity index (χ4n) is 0.841. The maximum absolute atomic E-state index is 10.9. The quantitative estimate of drug-likeness (QED) is 0.699. The molecule has 2 heterocycles. The van der Waals surface area contributed by atoms with E-state index in [-0.39, 0.29) is 11.2 Å². The smallest absolute Gasteiger partial charge is 0.280 e. The standard InChI is InChI=1S/C6H4ClN5O/c7-4-9-5(11-6(13)10-4)12-2-1-8-3-12/h1-3H,(H,9,10,11,13). The van der Waals surface area contributed by atoms with Crippen LogP contribution in [0.3, 0.4) is 0 Å². The van der Waals surface area contributed by atoms with Crippen molar-refractivity contribution in [3.63, 3.8) is 0 Å². The van der Waals surface area contributed by atoms with Crippen molar-refractivity contribution < 1.29 is 0 Å². The van der Waals surface area contributed by atoms with Crippen molar-refractivity contribution in [1.29, 1.82) is 0 Å². The number of halogens is 1. The van der Waals surface area contributed by atoms with Crippen molar-refractivity contribution in [2.24, 2.45) is 0 Å². The Morgan fingerprint density at radius 1 is 1.46 bits per heavy atom. The highest BCUT2D eigenvalue weighted by Gasteiger charge is 2.01. The molecule has 1 N–H and O–H groups in total. The van der Waals surface area contributed by atoms with Crippen molar-refractivity contribution in [3.05, 3.63) is 34.5 Å². The zero-order valence-electron chi connectivity index (χ0n) is 6.31. The van der Waals surface area contributed by atoms with Crippen LogP contribution in [-0.4, -0.2) is 24.5 Å². The van der Waals surface area contributed by atoms with Gasteiger partial charge in [0.05, 0.1) is 0 Å². The summed E-state index contributed by atoms with van der Waals surface area (Å²) in [6.45, 7) is 0. The largest absolute Gasteiger partial charge is 0.350 e. The molecule has 0 aliphatic rings. The number of imidazole rings is 1. The number of nitrogens with zero attached hydrogens (tertiary/aromatic N) is 4. The van der Waals surface area contributed by atoms with E-state index in [0.29, 0.717) is 0 Å². The number of hydrogen-bond donors (Lipinski definition) is 1. The minimum Gasteiger partial charge on any atom is -0.280 e. The lowest BCUT2D eigenvalue weighted by molar-refractivity contribution is 0.868. The molecule has 0 radical (unpaired) electrons. The van der Waals surface area contributed by atoms with Crippen LogP contribution in [0.4, 0.5) is 0 Å².